The summed E-state index contributed by atoms with van der Waals surface area (Å²) in [6, 6.07) is 5.05. The number of hydrogen-bond donors (Lipinski definition) is 1. The highest BCUT2D eigenvalue weighted by Crippen LogP contribution is 2.19. The van der Waals surface area contributed by atoms with Crippen molar-refractivity contribution in [1.82, 2.24) is 5.32 Å². The Balaban J connectivity index is 1.76. The van der Waals surface area contributed by atoms with Gasteiger partial charge in [0.15, 0.2) is 11.6 Å². The van der Waals surface area contributed by atoms with Gasteiger partial charge >= 0.3 is 0 Å². The van der Waals surface area contributed by atoms with Crippen molar-refractivity contribution < 1.29 is 13.9 Å². The molecule has 0 unspecified atom stereocenters. The van der Waals surface area contributed by atoms with E-state index in [-0.39, 0.29) is 24.7 Å². The van der Waals surface area contributed by atoms with E-state index in [0.29, 0.717) is 6.04 Å². The molecular formula is C13H16FNO2. The minimum absolute atomic E-state index is 0.0273. The molecule has 1 aliphatic carbocycles. The van der Waals surface area contributed by atoms with Gasteiger partial charge in [-0.15, -0.1) is 0 Å². The molecule has 1 fully saturated rings. The van der Waals surface area contributed by atoms with Crippen molar-refractivity contribution in [2.24, 2.45) is 0 Å². The number of ether oxygens (including phenoxy) is 1. The number of rotatable bonds is 5. The third-order valence-electron chi connectivity index (χ3n) is 2.62. The Morgan fingerprint density at radius 3 is 3.00 bits per heavy atom. The van der Waals surface area contributed by atoms with E-state index >= 15 is 0 Å². The van der Waals surface area contributed by atoms with Gasteiger partial charge in [0.05, 0.1) is 13.0 Å². The summed E-state index contributed by atoms with van der Waals surface area (Å²) in [5, 5.41) is 2.85. The highest BCUT2D eigenvalue weighted by Gasteiger charge is 2.22. The number of nitrogens with one attached hydrogen (secondary N) is 1. The van der Waals surface area contributed by atoms with Crippen molar-refractivity contribution >= 4 is 5.91 Å². The minimum atomic E-state index is -0.391. The Morgan fingerprint density at radius 2 is 2.29 bits per heavy atom. The zero-order chi connectivity index (χ0) is 12.3. The van der Waals surface area contributed by atoms with Gasteiger partial charge in [-0.05, 0) is 37.5 Å². The summed E-state index contributed by atoms with van der Waals surface area (Å²) < 4.78 is 18.5. The average Bonchev–Trinajstić information content (AvgIpc) is 3.07. The maximum Gasteiger partial charge on any atom is 0.223 e. The second-order valence-electron chi connectivity index (χ2n) is 4.37. The first-order valence-electron chi connectivity index (χ1n) is 5.83. The average molecular weight is 237 g/mol. The lowest BCUT2D eigenvalue weighted by Crippen LogP contribution is -2.26. The van der Waals surface area contributed by atoms with Crippen LogP contribution in [0.3, 0.4) is 0 Å². The van der Waals surface area contributed by atoms with E-state index in [1.54, 1.807) is 12.1 Å². The molecule has 1 N–H and O–H groups in total. The number of benzene rings is 1. The highest BCUT2D eigenvalue weighted by atomic mass is 19.1. The first kappa shape index (κ1) is 11.9. The lowest BCUT2D eigenvalue weighted by molar-refractivity contribution is -0.121. The van der Waals surface area contributed by atoms with E-state index in [1.165, 1.54) is 6.07 Å². The quantitative estimate of drug-likeness (QED) is 0.852. The van der Waals surface area contributed by atoms with Crippen molar-refractivity contribution in [2.45, 2.75) is 32.2 Å². The number of carbonyl (C=O) groups is 1. The van der Waals surface area contributed by atoms with E-state index in [1.807, 2.05) is 6.92 Å². The van der Waals surface area contributed by atoms with Crippen LogP contribution in [0.5, 0.6) is 5.75 Å². The number of aryl methyl sites for hydroxylation is 1. The van der Waals surface area contributed by atoms with Crippen molar-refractivity contribution in [1.29, 1.82) is 0 Å². The summed E-state index contributed by atoms with van der Waals surface area (Å²) in [5.74, 6) is -0.206. The molecule has 1 aliphatic rings. The van der Waals surface area contributed by atoms with Crippen LogP contribution in [-0.4, -0.2) is 18.6 Å². The van der Waals surface area contributed by atoms with Crippen molar-refractivity contribution in [3.63, 3.8) is 0 Å². The molecule has 0 saturated heterocycles. The van der Waals surface area contributed by atoms with E-state index < -0.39 is 5.82 Å². The van der Waals surface area contributed by atoms with Crippen LogP contribution in [0.2, 0.25) is 0 Å². The lowest BCUT2D eigenvalue weighted by atomic mass is 10.2. The first-order valence-corrected chi connectivity index (χ1v) is 5.83. The summed E-state index contributed by atoms with van der Waals surface area (Å²) >= 11 is 0. The molecule has 0 atom stereocenters. The van der Waals surface area contributed by atoms with Gasteiger partial charge in [-0.1, -0.05) is 6.07 Å². The van der Waals surface area contributed by atoms with Crippen LogP contribution in [0.15, 0.2) is 18.2 Å². The normalized spacial score (nSPS) is 14.5. The molecular weight excluding hydrogens is 221 g/mol. The fourth-order valence-electron chi connectivity index (χ4n) is 1.50. The lowest BCUT2D eigenvalue weighted by Gasteiger charge is -2.08. The van der Waals surface area contributed by atoms with Crippen LogP contribution in [-0.2, 0) is 4.79 Å². The Morgan fingerprint density at radius 1 is 1.53 bits per heavy atom. The van der Waals surface area contributed by atoms with Gasteiger partial charge in [0, 0.05) is 6.04 Å². The molecule has 92 valence electrons. The van der Waals surface area contributed by atoms with Gasteiger partial charge in [0.1, 0.15) is 0 Å². The van der Waals surface area contributed by atoms with Gasteiger partial charge in [-0.2, -0.15) is 0 Å². The van der Waals surface area contributed by atoms with E-state index in [0.717, 1.165) is 18.4 Å². The molecule has 0 aliphatic heterocycles. The fraction of sp³-hybridized carbons (Fsp3) is 0.462. The van der Waals surface area contributed by atoms with Gasteiger partial charge in [-0.25, -0.2) is 4.39 Å². The summed E-state index contributed by atoms with van der Waals surface area (Å²) in [4.78, 5) is 11.4. The Hall–Kier alpha value is -1.58. The van der Waals surface area contributed by atoms with Crippen LogP contribution in [0, 0.1) is 12.7 Å². The third kappa shape index (κ3) is 3.73. The molecule has 0 bridgehead atoms. The first-order chi connectivity index (χ1) is 8.15. The standard InChI is InChI=1S/C13H16FNO2/c1-9-2-5-11(14)12(8-9)17-7-6-13(16)15-10-3-4-10/h2,5,8,10H,3-4,6-7H2,1H3,(H,15,16). The maximum absolute atomic E-state index is 13.3. The predicted molar refractivity (Wildman–Crippen MR) is 62.4 cm³/mol. The van der Waals surface area contributed by atoms with Crippen LogP contribution < -0.4 is 10.1 Å². The Kier molecular flexibility index (Phi) is 3.61. The number of hydrogen-bond acceptors (Lipinski definition) is 2. The Labute approximate surface area is 100.0 Å². The fourth-order valence-corrected chi connectivity index (χ4v) is 1.50. The molecule has 1 saturated carbocycles. The predicted octanol–water partition coefficient (Wildman–Crippen LogP) is 2.18. The van der Waals surface area contributed by atoms with Crippen molar-refractivity contribution in [3.8, 4) is 5.75 Å². The summed E-state index contributed by atoms with van der Waals surface area (Å²) in [6.07, 6.45) is 2.40. The molecule has 0 radical (unpaired) electrons. The molecule has 4 heteroatoms. The van der Waals surface area contributed by atoms with Crippen molar-refractivity contribution in [3.05, 3.63) is 29.6 Å². The molecule has 1 aromatic rings. The van der Waals surface area contributed by atoms with Crippen LogP contribution in [0.25, 0.3) is 0 Å². The number of halogens is 1. The highest BCUT2D eigenvalue weighted by molar-refractivity contribution is 5.76. The summed E-state index contributed by atoms with van der Waals surface area (Å²) in [7, 11) is 0. The van der Waals surface area contributed by atoms with Gasteiger partial charge in [-0.3, -0.25) is 4.79 Å². The topological polar surface area (TPSA) is 38.3 Å². The molecule has 0 heterocycles. The number of amides is 1. The third-order valence-corrected chi connectivity index (χ3v) is 2.62. The van der Waals surface area contributed by atoms with Crippen molar-refractivity contribution in [2.75, 3.05) is 6.61 Å². The summed E-state index contributed by atoms with van der Waals surface area (Å²) in [5.41, 5.74) is 0.934. The molecule has 17 heavy (non-hydrogen) atoms. The summed E-state index contributed by atoms with van der Waals surface area (Å²) in [6.45, 7) is 2.07. The van der Waals surface area contributed by atoms with E-state index in [4.69, 9.17) is 4.74 Å². The number of carbonyl (C=O) groups excluding carboxylic acids is 1. The van der Waals surface area contributed by atoms with Crippen LogP contribution in [0.1, 0.15) is 24.8 Å². The molecule has 3 nitrogen and oxygen atoms in total. The van der Waals surface area contributed by atoms with Gasteiger partial charge < -0.3 is 10.1 Å². The molecule has 2 rings (SSSR count). The zero-order valence-corrected chi connectivity index (χ0v) is 9.83. The smallest absolute Gasteiger partial charge is 0.223 e. The molecule has 1 aromatic carbocycles. The van der Waals surface area contributed by atoms with Crippen LogP contribution in [0.4, 0.5) is 4.39 Å². The Bertz CT molecular complexity index is 416. The minimum Gasteiger partial charge on any atom is -0.490 e. The largest absolute Gasteiger partial charge is 0.490 e. The maximum atomic E-state index is 13.3. The zero-order valence-electron chi connectivity index (χ0n) is 9.83. The molecule has 0 spiro atoms. The van der Waals surface area contributed by atoms with E-state index in [9.17, 15) is 9.18 Å². The van der Waals surface area contributed by atoms with Gasteiger partial charge in [0.2, 0.25) is 5.91 Å². The SMILES string of the molecule is Cc1ccc(F)c(OCCC(=O)NC2CC2)c1. The second-order valence-corrected chi connectivity index (χ2v) is 4.37. The van der Waals surface area contributed by atoms with Crippen LogP contribution >= 0.6 is 0 Å². The molecule has 0 aromatic heterocycles. The monoisotopic (exact) mass is 237 g/mol. The van der Waals surface area contributed by atoms with Gasteiger partial charge in [0.25, 0.3) is 0 Å². The second kappa shape index (κ2) is 5.17. The molecule has 1 amide bonds. The van der Waals surface area contributed by atoms with E-state index in [2.05, 4.69) is 5.32 Å².